The normalized spacial score (nSPS) is 12.6. The molecule has 0 fully saturated rings. The van der Waals surface area contributed by atoms with Crippen LogP contribution in [0.3, 0.4) is 0 Å². The molecule has 0 aliphatic rings. The standard InChI is InChI=1S/C24H32N8O2S/c1-6-18(28(2)3)20-26-27-23(32(20)15-17-11-8-7-9-12-17)35-14-10-13-31-22(33)19-21(25-16-29(19)4)30(5)24(31)34/h7-9,11-12,16,18H,6,10,13-15H2,1-5H3. The Morgan fingerprint density at radius 1 is 1.06 bits per heavy atom. The van der Waals surface area contributed by atoms with E-state index in [0.717, 1.165) is 17.4 Å². The molecule has 0 radical (unpaired) electrons. The van der Waals surface area contributed by atoms with Gasteiger partial charge in [0.15, 0.2) is 22.1 Å². The van der Waals surface area contributed by atoms with Gasteiger partial charge in [0.1, 0.15) is 0 Å². The van der Waals surface area contributed by atoms with Crippen molar-refractivity contribution in [2.24, 2.45) is 14.1 Å². The number of rotatable bonds is 10. The lowest BCUT2D eigenvalue weighted by Gasteiger charge is -2.23. The van der Waals surface area contributed by atoms with Crippen molar-refractivity contribution in [2.45, 2.75) is 44.1 Å². The van der Waals surface area contributed by atoms with E-state index >= 15 is 0 Å². The monoisotopic (exact) mass is 496 g/mol. The number of hydrogen-bond donors (Lipinski definition) is 0. The second-order valence-electron chi connectivity index (χ2n) is 8.83. The maximum Gasteiger partial charge on any atom is 0.332 e. The van der Waals surface area contributed by atoms with Crippen LogP contribution in [0.15, 0.2) is 51.4 Å². The second-order valence-corrected chi connectivity index (χ2v) is 9.89. The first-order chi connectivity index (χ1) is 16.8. The van der Waals surface area contributed by atoms with Crippen LogP contribution in [0.25, 0.3) is 11.2 Å². The first-order valence-corrected chi connectivity index (χ1v) is 12.7. The minimum Gasteiger partial charge on any atom is -0.328 e. The van der Waals surface area contributed by atoms with Crippen molar-refractivity contribution in [3.8, 4) is 0 Å². The van der Waals surface area contributed by atoms with E-state index in [1.807, 2.05) is 18.2 Å². The smallest absolute Gasteiger partial charge is 0.328 e. The molecule has 11 heteroatoms. The van der Waals surface area contributed by atoms with Gasteiger partial charge in [0.05, 0.1) is 18.9 Å². The van der Waals surface area contributed by atoms with Crippen molar-refractivity contribution in [3.05, 3.63) is 68.9 Å². The third-order valence-electron chi connectivity index (χ3n) is 6.20. The van der Waals surface area contributed by atoms with Gasteiger partial charge in [-0.1, -0.05) is 49.0 Å². The molecule has 0 saturated heterocycles. The third-order valence-corrected chi connectivity index (χ3v) is 7.25. The highest BCUT2D eigenvalue weighted by Gasteiger charge is 2.22. The van der Waals surface area contributed by atoms with Gasteiger partial charge >= 0.3 is 5.69 Å². The van der Waals surface area contributed by atoms with Crippen molar-refractivity contribution in [1.29, 1.82) is 0 Å². The van der Waals surface area contributed by atoms with Crippen molar-refractivity contribution >= 4 is 22.9 Å². The Morgan fingerprint density at radius 2 is 1.80 bits per heavy atom. The lowest BCUT2D eigenvalue weighted by Crippen LogP contribution is -2.39. The van der Waals surface area contributed by atoms with Gasteiger partial charge < -0.3 is 9.13 Å². The fourth-order valence-electron chi connectivity index (χ4n) is 4.33. The number of aromatic nitrogens is 7. The van der Waals surface area contributed by atoms with Gasteiger partial charge in [-0.15, -0.1) is 10.2 Å². The molecule has 10 nitrogen and oxygen atoms in total. The van der Waals surface area contributed by atoms with Gasteiger partial charge in [0, 0.05) is 26.4 Å². The summed E-state index contributed by atoms with van der Waals surface area (Å²) in [4.78, 5) is 32.0. The molecule has 0 spiro atoms. The Hall–Kier alpha value is -3.18. The van der Waals surface area contributed by atoms with E-state index < -0.39 is 0 Å². The van der Waals surface area contributed by atoms with E-state index in [4.69, 9.17) is 0 Å². The Bertz CT molecular complexity index is 1420. The average Bonchev–Trinajstić information content (AvgIpc) is 3.42. The van der Waals surface area contributed by atoms with Crippen LogP contribution in [-0.2, 0) is 27.2 Å². The summed E-state index contributed by atoms with van der Waals surface area (Å²) in [5, 5.41) is 9.90. The number of fused-ring (bicyclic) bond motifs is 1. The zero-order valence-electron chi connectivity index (χ0n) is 20.9. The highest BCUT2D eigenvalue weighted by atomic mass is 32.2. The van der Waals surface area contributed by atoms with Crippen LogP contribution in [0.2, 0.25) is 0 Å². The largest absolute Gasteiger partial charge is 0.332 e. The number of nitrogens with zero attached hydrogens (tertiary/aromatic N) is 8. The number of aryl methyl sites for hydroxylation is 2. The summed E-state index contributed by atoms with van der Waals surface area (Å²) >= 11 is 1.60. The van der Waals surface area contributed by atoms with Gasteiger partial charge in [0.2, 0.25) is 0 Å². The highest BCUT2D eigenvalue weighted by molar-refractivity contribution is 7.99. The summed E-state index contributed by atoms with van der Waals surface area (Å²) in [6.45, 7) is 3.16. The molecule has 0 amide bonds. The molecule has 0 aliphatic carbocycles. The molecule has 35 heavy (non-hydrogen) atoms. The van der Waals surface area contributed by atoms with E-state index in [2.05, 4.69) is 57.8 Å². The lowest BCUT2D eigenvalue weighted by molar-refractivity contribution is 0.272. The molecular weight excluding hydrogens is 464 g/mol. The SMILES string of the molecule is CCC(c1nnc(SCCCn2c(=O)c3c(ncn3C)n(C)c2=O)n1Cc1ccccc1)N(C)C. The van der Waals surface area contributed by atoms with E-state index in [1.54, 1.807) is 36.8 Å². The minimum atomic E-state index is -0.350. The quantitative estimate of drug-likeness (QED) is 0.245. The van der Waals surface area contributed by atoms with Crippen LogP contribution in [-0.4, -0.2) is 58.2 Å². The van der Waals surface area contributed by atoms with Crippen molar-refractivity contribution in [1.82, 2.24) is 38.3 Å². The molecule has 1 atom stereocenters. The molecule has 0 saturated carbocycles. The molecule has 0 N–H and O–H groups in total. The van der Waals surface area contributed by atoms with Gasteiger partial charge in [0.25, 0.3) is 5.56 Å². The van der Waals surface area contributed by atoms with E-state index in [0.29, 0.717) is 36.4 Å². The predicted molar refractivity (Wildman–Crippen MR) is 138 cm³/mol. The number of imidazole rings is 1. The minimum absolute atomic E-state index is 0.160. The zero-order chi connectivity index (χ0) is 25.1. The maximum absolute atomic E-state index is 12.9. The summed E-state index contributed by atoms with van der Waals surface area (Å²) in [5.41, 5.74) is 1.36. The molecule has 3 aromatic heterocycles. The summed E-state index contributed by atoms with van der Waals surface area (Å²) in [7, 11) is 7.51. The topological polar surface area (TPSA) is 95.8 Å². The van der Waals surface area contributed by atoms with Gasteiger partial charge in [-0.05, 0) is 32.5 Å². The molecule has 1 aromatic carbocycles. The van der Waals surface area contributed by atoms with Crippen molar-refractivity contribution in [2.75, 3.05) is 19.8 Å². The summed E-state index contributed by atoms with van der Waals surface area (Å²) in [6.07, 6.45) is 3.12. The van der Waals surface area contributed by atoms with Crippen molar-refractivity contribution in [3.63, 3.8) is 0 Å². The molecule has 0 bridgehead atoms. The lowest BCUT2D eigenvalue weighted by atomic mass is 10.2. The van der Waals surface area contributed by atoms with Crippen LogP contribution in [0.1, 0.15) is 37.2 Å². The molecular formula is C24H32N8O2S. The summed E-state index contributed by atoms with van der Waals surface area (Å²) in [5.74, 6) is 1.64. The first kappa shape index (κ1) is 24.9. The zero-order valence-corrected chi connectivity index (χ0v) is 21.7. The van der Waals surface area contributed by atoms with Gasteiger partial charge in [-0.25, -0.2) is 9.78 Å². The van der Waals surface area contributed by atoms with Crippen LogP contribution >= 0.6 is 11.8 Å². The van der Waals surface area contributed by atoms with Crippen LogP contribution in [0.5, 0.6) is 0 Å². The fraction of sp³-hybridized carbons (Fsp3) is 0.458. The number of thioether (sulfide) groups is 1. The fourth-order valence-corrected chi connectivity index (χ4v) is 5.19. The van der Waals surface area contributed by atoms with Crippen molar-refractivity contribution < 1.29 is 0 Å². The second kappa shape index (κ2) is 10.6. The Labute approximate surface area is 208 Å². The first-order valence-electron chi connectivity index (χ1n) is 11.7. The summed E-state index contributed by atoms with van der Waals surface area (Å²) < 4.78 is 6.56. The van der Waals surface area contributed by atoms with E-state index in [9.17, 15) is 9.59 Å². The number of hydrogen-bond acceptors (Lipinski definition) is 7. The molecule has 4 aromatic rings. The Balaban J connectivity index is 1.53. The highest BCUT2D eigenvalue weighted by Crippen LogP contribution is 2.26. The van der Waals surface area contributed by atoms with Gasteiger partial charge in [-0.3, -0.25) is 18.8 Å². The maximum atomic E-state index is 12.9. The number of benzene rings is 1. The molecule has 3 heterocycles. The van der Waals surface area contributed by atoms with Crippen LogP contribution in [0.4, 0.5) is 0 Å². The van der Waals surface area contributed by atoms with E-state index in [1.165, 1.54) is 14.7 Å². The van der Waals surface area contributed by atoms with Crippen LogP contribution in [0, 0.1) is 0 Å². The Kier molecular flexibility index (Phi) is 7.56. The Morgan fingerprint density at radius 3 is 2.49 bits per heavy atom. The van der Waals surface area contributed by atoms with Gasteiger partial charge in [-0.2, -0.15) is 0 Å². The van der Waals surface area contributed by atoms with Crippen LogP contribution < -0.4 is 11.2 Å². The summed E-state index contributed by atoms with van der Waals surface area (Å²) in [6, 6.07) is 10.4. The average molecular weight is 497 g/mol. The van der Waals surface area contributed by atoms with E-state index in [-0.39, 0.29) is 17.3 Å². The molecule has 186 valence electrons. The molecule has 1 unspecified atom stereocenters. The third kappa shape index (κ3) is 4.96. The predicted octanol–water partition coefficient (Wildman–Crippen LogP) is 2.27. The molecule has 4 rings (SSSR count). The molecule has 0 aliphatic heterocycles.